The number of ether oxygens (including phenoxy) is 1. The summed E-state index contributed by atoms with van der Waals surface area (Å²) in [5.74, 6) is 1.10. The van der Waals surface area contributed by atoms with Gasteiger partial charge in [-0.3, -0.25) is 4.90 Å². The number of rotatable bonds is 7. The number of benzene rings is 2. The maximum absolute atomic E-state index is 12.5. The van der Waals surface area contributed by atoms with Crippen LogP contribution in [0.2, 0.25) is 0 Å². The van der Waals surface area contributed by atoms with Gasteiger partial charge >= 0.3 is 0 Å². The number of aryl methyl sites for hydroxylation is 1. The summed E-state index contributed by atoms with van der Waals surface area (Å²) in [5, 5.41) is 0. The van der Waals surface area contributed by atoms with Crippen molar-refractivity contribution >= 4 is 40.3 Å². The topological polar surface area (TPSA) is 49.9 Å². The minimum atomic E-state index is -3.19. The fraction of sp³-hybridized carbons (Fsp3) is 0.429. The summed E-state index contributed by atoms with van der Waals surface area (Å²) < 4.78 is 30.4. The molecule has 0 bridgehead atoms. The number of halogens is 2. The van der Waals surface area contributed by atoms with Gasteiger partial charge in [0, 0.05) is 26.2 Å². The van der Waals surface area contributed by atoms with Gasteiger partial charge in [-0.1, -0.05) is 29.8 Å². The van der Waals surface area contributed by atoms with E-state index in [0.717, 1.165) is 49.7 Å². The van der Waals surface area contributed by atoms with Crippen LogP contribution in [0, 0.1) is 6.92 Å². The maximum Gasteiger partial charge on any atom is 0.178 e. The molecule has 0 aromatic heterocycles. The quantitative estimate of drug-likeness (QED) is 0.627. The molecule has 0 unspecified atom stereocenters. The summed E-state index contributed by atoms with van der Waals surface area (Å²) in [5.41, 5.74) is 2.20. The zero-order valence-electron chi connectivity index (χ0n) is 16.9. The lowest BCUT2D eigenvalue weighted by Gasteiger charge is -2.36. The molecule has 2 aromatic carbocycles. The molecule has 1 aliphatic rings. The van der Waals surface area contributed by atoms with Crippen molar-refractivity contribution in [1.82, 2.24) is 4.90 Å². The van der Waals surface area contributed by atoms with Gasteiger partial charge in [0.15, 0.2) is 9.84 Å². The molecule has 1 saturated heterocycles. The Labute approximate surface area is 186 Å². The number of para-hydroxylation sites is 2. The Morgan fingerprint density at radius 1 is 0.931 bits per heavy atom. The lowest BCUT2D eigenvalue weighted by molar-refractivity contribution is 0.258. The molecule has 5 nitrogen and oxygen atoms in total. The van der Waals surface area contributed by atoms with Crippen LogP contribution in [0.25, 0.3) is 0 Å². The Bertz CT molecular complexity index is 852. The Morgan fingerprint density at radius 3 is 2.17 bits per heavy atom. The van der Waals surface area contributed by atoms with Crippen LogP contribution in [0.1, 0.15) is 12.0 Å². The second-order valence-corrected chi connectivity index (χ2v) is 9.10. The van der Waals surface area contributed by atoms with Gasteiger partial charge in [0.05, 0.1) is 23.4 Å². The minimum absolute atomic E-state index is 0. The molecule has 29 heavy (non-hydrogen) atoms. The van der Waals surface area contributed by atoms with Gasteiger partial charge in [0.2, 0.25) is 0 Å². The van der Waals surface area contributed by atoms with Gasteiger partial charge in [0.1, 0.15) is 5.75 Å². The Morgan fingerprint density at radius 2 is 1.55 bits per heavy atom. The van der Waals surface area contributed by atoms with Crippen molar-refractivity contribution in [2.45, 2.75) is 18.2 Å². The molecule has 0 amide bonds. The molecule has 3 rings (SSSR count). The van der Waals surface area contributed by atoms with E-state index in [9.17, 15) is 8.42 Å². The molecule has 162 valence electrons. The van der Waals surface area contributed by atoms with E-state index < -0.39 is 9.84 Å². The molecule has 1 aliphatic heterocycles. The fourth-order valence-electron chi connectivity index (χ4n) is 3.45. The SMILES string of the molecule is COc1ccccc1N1CCN(CCCS(=O)(=O)c2ccc(C)cc2)CC1.Cl.Cl. The van der Waals surface area contributed by atoms with Gasteiger partial charge in [-0.05, 0) is 44.2 Å². The normalized spacial score (nSPS) is 14.6. The zero-order valence-corrected chi connectivity index (χ0v) is 19.4. The Kier molecular flexibility index (Phi) is 10.3. The number of hydrogen-bond acceptors (Lipinski definition) is 5. The number of hydrogen-bond donors (Lipinski definition) is 0. The number of nitrogens with zero attached hydrogens (tertiary/aromatic N) is 2. The summed E-state index contributed by atoms with van der Waals surface area (Å²) in [6.45, 7) is 6.48. The third-order valence-corrected chi connectivity index (χ3v) is 6.88. The lowest BCUT2D eigenvalue weighted by Crippen LogP contribution is -2.46. The maximum atomic E-state index is 12.5. The van der Waals surface area contributed by atoms with E-state index in [0.29, 0.717) is 11.3 Å². The second-order valence-electron chi connectivity index (χ2n) is 6.99. The molecular formula is C21H30Cl2N2O3S. The number of methoxy groups -OCH3 is 1. The van der Waals surface area contributed by atoms with Crippen LogP contribution in [-0.4, -0.2) is 58.9 Å². The standard InChI is InChI=1S/C21H28N2O3S.2ClH/c1-18-8-10-19(11-9-18)27(24,25)17-5-12-22-13-15-23(16-14-22)20-6-3-4-7-21(20)26-2;;/h3-4,6-11H,5,12-17H2,1-2H3;2*1H. The van der Waals surface area contributed by atoms with Crippen LogP contribution >= 0.6 is 24.8 Å². The van der Waals surface area contributed by atoms with E-state index in [1.165, 1.54) is 0 Å². The monoisotopic (exact) mass is 460 g/mol. The Balaban J connectivity index is 0.00000210. The first kappa shape index (κ1) is 25.6. The highest BCUT2D eigenvalue weighted by Crippen LogP contribution is 2.28. The predicted molar refractivity (Wildman–Crippen MR) is 124 cm³/mol. The van der Waals surface area contributed by atoms with Crippen LogP contribution in [0.4, 0.5) is 5.69 Å². The minimum Gasteiger partial charge on any atom is -0.495 e. The first-order valence-electron chi connectivity index (χ1n) is 9.39. The summed E-state index contributed by atoms with van der Waals surface area (Å²) in [6, 6.07) is 15.2. The molecular weight excluding hydrogens is 431 g/mol. The summed E-state index contributed by atoms with van der Waals surface area (Å²) in [7, 11) is -1.50. The average Bonchev–Trinajstić information content (AvgIpc) is 2.69. The van der Waals surface area contributed by atoms with Crippen molar-refractivity contribution in [3.8, 4) is 5.75 Å². The third kappa shape index (κ3) is 6.78. The van der Waals surface area contributed by atoms with E-state index in [-0.39, 0.29) is 30.6 Å². The third-order valence-electron chi connectivity index (χ3n) is 5.07. The Hall–Kier alpha value is -1.47. The molecule has 0 aliphatic carbocycles. The smallest absolute Gasteiger partial charge is 0.178 e. The van der Waals surface area contributed by atoms with Crippen molar-refractivity contribution in [3.05, 3.63) is 54.1 Å². The number of anilines is 1. The first-order valence-corrected chi connectivity index (χ1v) is 11.0. The average molecular weight is 461 g/mol. The second kappa shape index (κ2) is 11.6. The summed E-state index contributed by atoms with van der Waals surface area (Å²) in [4.78, 5) is 5.10. The zero-order chi connectivity index (χ0) is 19.3. The summed E-state index contributed by atoms with van der Waals surface area (Å²) >= 11 is 0. The molecule has 0 N–H and O–H groups in total. The van der Waals surface area contributed by atoms with Crippen molar-refractivity contribution in [2.24, 2.45) is 0 Å². The van der Waals surface area contributed by atoms with Crippen LogP contribution in [0.5, 0.6) is 5.75 Å². The van der Waals surface area contributed by atoms with Crippen LogP contribution < -0.4 is 9.64 Å². The molecule has 1 heterocycles. The predicted octanol–water partition coefficient (Wildman–Crippen LogP) is 3.83. The van der Waals surface area contributed by atoms with Crippen LogP contribution in [-0.2, 0) is 9.84 Å². The van der Waals surface area contributed by atoms with Gasteiger partial charge in [-0.2, -0.15) is 0 Å². The molecule has 8 heteroatoms. The van der Waals surface area contributed by atoms with Crippen molar-refractivity contribution in [3.63, 3.8) is 0 Å². The van der Waals surface area contributed by atoms with Crippen molar-refractivity contribution in [1.29, 1.82) is 0 Å². The van der Waals surface area contributed by atoms with Crippen LogP contribution in [0.15, 0.2) is 53.4 Å². The molecule has 2 aromatic rings. The first-order chi connectivity index (χ1) is 13.0. The lowest BCUT2D eigenvalue weighted by atomic mass is 10.2. The van der Waals surface area contributed by atoms with E-state index in [2.05, 4.69) is 15.9 Å². The van der Waals surface area contributed by atoms with E-state index >= 15 is 0 Å². The highest BCUT2D eigenvalue weighted by atomic mass is 35.5. The van der Waals surface area contributed by atoms with Crippen molar-refractivity contribution in [2.75, 3.05) is 50.5 Å². The van der Waals surface area contributed by atoms with E-state index in [1.807, 2.05) is 37.3 Å². The van der Waals surface area contributed by atoms with Crippen LogP contribution in [0.3, 0.4) is 0 Å². The van der Waals surface area contributed by atoms with E-state index in [4.69, 9.17) is 4.74 Å². The van der Waals surface area contributed by atoms with E-state index in [1.54, 1.807) is 19.2 Å². The molecule has 0 atom stereocenters. The fourth-order valence-corrected chi connectivity index (χ4v) is 4.74. The van der Waals surface area contributed by atoms with Gasteiger partial charge < -0.3 is 9.64 Å². The van der Waals surface area contributed by atoms with Gasteiger partial charge in [0.25, 0.3) is 0 Å². The number of sulfone groups is 1. The number of piperazine rings is 1. The molecule has 0 radical (unpaired) electrons. The highest BCUT2D eigenvalue weighted by molar-refractivity contribution is 7.91. The molecule has 0 spiro atoms. The van der Waals surface area contributed by atoms with Gasteiger partial charge in [-0.25, -0.2) is 8.42 Å². The summed E-state index contributed by atoms with van der Waals surface area (Å²) in [6.07, 6.45) is 0.658. The molecule has 1 fully saturated rings. The van der Waals surface area contributed by atoms with Crippen molar-refractivity contribution < 1.29 is 13.2 Å². The highest BCUT2D eigenvalue weighted by Gasteiger charge is 2.20. The van der Waals surface area contributed by atoms with Gasteiger partial charge in [-0.15, -0.1) is 24.8 Å². The molecule has 0 saturated carbocycles. The largest absolute Gasteiger partial charge is 0.495 e.